The molecule has 0 unspecified atom stereocenters. The Balaban J connectivity index is 0.00000312. The molecule has 0 aliphatic carbocycles. The van der Waals surface area contributed by atoms with Gasteiger partial charge >= 0.3 is 0 Å². The Morgan fingerprint density at radius 1 is 1.36 bits per heavy atom. The van der Waals surface area contributed by atoms with Crippen molar-refractivity contribution in [2.75, 3.05) is 13.6 Å². The van der Waals surface area contributed by atoms with Gasteiger partial charge < -0.3 is 15.2 Å². The molecule has 0 fully saturated rings. The van der Waals surface area contributed by atoms with Gasteiger partial charge in [0.1, 0.15) is 5.82 Å². The Morgan fingerprint density at radius 2 is 2.08 bits per heavy atom. The summed E-state index contributed by atoms with van der Waals surface area (Å²) >= 11 is 6.17. The highest BCUT2D eigenvalue weighted by Gasteiger charge is 2.24. The van der Waals surface area contributed by atoms with Crippen molar-refractivity contribution in [1.82, 2.24) is 20.8 Å². The normalized spacial score (nSPS) is 11.8. The molecule has 1 heterocycles. The minimum Gasteiger partial charge on any atom is -0.356 e. The van der Waals surface area contributed by atoms with Crippen molar-refractivity contribution in [2.24, 2.45) is 4.99 Å². The molecule has 0 saturated carbocycles. The molecule has 1 aromatic carbocycles. The number of aromatic nitrogens is 2. The van der Waals surface area contributed by atoms with Gasteiger partial charge in [-0.1, -0.05) is 36.7 Å². The van der Waals surface area contributed by atoms with Crippen LogP contribution in [0.25, 0.3) is 0 Å². The number of hydrogen-bond donors (Lipinski definition) is 2. The number of rotatable bonds is 5. The number of aliphatic imine (C=N–C) groups is 1. The van der Waals surface area contributed by atoms with Gasteiger partial charge in [-0.2, -0.15) is 4.98 Å². The highest BCUT2D eigenvalue weighted by Crippen LogP contribution is 2.29. The Bertz CT molecular complexity index is 735. The first-order valence-electron chi connectivity index (χ1n) is 7.51. The van der Waals surface area contributed by atoms with Crippen molar-refractivity contribution in [1.29, 1.82) is 0 Å². The lowest BCUT2D eigenvalue weighted by Gasteiger charge is -2.27. The first-order chi connectivity index (χ1) is 11.3. The van der Waals surface area contributed by atoms with E-state index in [1.807, 2.05) is 13.8 Å². The Kier molecular flexibility index (Phi) is 8.07. The van der Waals surface area contributed by atoms with E-state index in [0.29, 0.717) is 35.8 Å². The minimum atomic E-state index is -0.347. The molecule has 0 aliphatic heterocycles. The third-order valence-electron chi connectivity index (χ3n) is 3.56. The number of hydrogen-bond acceptors (Lipinski definition) is 4. The third-order valence-corrected chi connectivity index (χ3v) is 3.87. The van der Waals surface area contributed by atoms with E-state index in [0.717, 1.165) is 5.56 Å². The number of nitrogens with one attached hydrogen (secondary N) is 2. The Hall–Kier alpha value is -1.42. The number of benzene rings is 1. The molecule has 2 rings (SSSR count). The van der Waals surface area contributed by atoms with E-state index in [1.165, 1.54) is 12.1 Å². The summed E-state index contributed by atoms with van der Waals surface area (Å²) in [7, 11) is 1.67. The average molecular weight is 482 g/mol. The van der Waals surface area contributed by atoms with E-state index >= 15 is 0 Å². The topological polar surface area (TPSA) is 75.3 Å². The molecule has 0 bridgehead atoms. The van der Waals surface area contributed by atoms with Crippen LogP contribution in [0.2, 0.25) is 5.02 Å². The second-order valence-corrected chi connectivity index (χ2v) is 6.43. The zero-order valence-corrected chi connectivity index (χ0v) is 17.6. The van der Waals surface area contributed by atoms with Crippen molar-refractivity contribution < 1.29 is 8.91 Å². The molecule has 9 heteroatoms. The van der Waals surface area contributed by atoms with Gasteiger partial charge in [0.05, 0.1) is 6.54 Å². The maximum atomic E-state index is 13.2. The highest BCUT2D eigenvalue weighted by atomic mass is 127. The van der Waals surface area contributed by atoms with Gasteiger partial charge in [0.2, 0.25) is 5.89 Å². The molecule has 0 atom stereocenters. The molecule has 25 heavy (non-hydrogen) atoms. The first-order valence-corrected chi connectivity index (χ1v) is 7.89. The van der Waals surface area contributed by atoms with E-state index in [4.69, 9.17) is 16.1 Å². The lowest BCUT2D eigenvalue weighted by molar-refractivity contribution is 0.371. The molecule has 0 radical (unpaired) electrons. The second kappa shape index (κ2) is 9.33. The maximum Gasteiger partial charge on any atom is 0.246 e. The molecule has 1 aromatic heterocycles. The van der Waals surface area contributed by atoms with Crippen LogP contribution < -0.4 is 10.6 Å². The first kappa shape index (κ1) is 21.6. The van der Waals surface area contributed by atoms with E-state index in [1.54, 1.807) is 20.0 Å². The predicted octanol–water partition coefficient (Wildman–Crippen LogP) is 3.43. The summed E-state index contributed by atoms with van der Waals surface area (Å²) in [6.07, 6.45) is 0. The van der Waals surface area contributed by atoms with Gasteiger partial charge in [-0.3, -0.25) is 4.99 Å². The minimum absolute atomic E-state index is 0. The quantitative estimate of drug-likeness (QED) is 0.389. The number of aryl methyl sites for hydroxylation is 1. The fourth-order valence-corrected chi connectivity index (χ4v) is 2.65. The summed E-state index contributed by atoms with van der Waals surface area (Å²) in [6.45, 7) is 6.73. The van der Waals surface area contributed by atoms with Crippen LogP contribution in [-0.2, 0) is 12.0 Å². The summed E-state index contributed by atoms with van der Waals surface area (Å²) in [5.41, 5.74) is 0.546. The lowest BCUT2D eigenvalue weighted by Crippen LogP contribution is -2.43. The summed E-state index contributed by atoms with van der Waals surface area (Å²) in [5.74, 6) is 1.31. The molecule has 0 amide bonds. The van der Waals surface area contributed by atoms with Crippen LogP contribution in [0.15, 0.2) is 27.7 Å². The van der Waals surface area contributed by atoms with Crippen LogP contribution in [0.5, 0.6) is 0 Å². The van der Waals surface area contributed by atoms with Crippen LogP contribution in [-0.4, -0.2) is 29.7 Å². The van der Waals surface area contributed by atoms with Gasteiger partial charge in [-0.25, -0.2) is 4.39 Å². The molecule has 2 aromatic rings. The summed E-state index contributed by atoms with van der Waals surface area (Å²) in [6, 6.07) is 4.44. The highest BCUT2D eigenvalue weighted by molar-refractivity contribution is 14.0. The van der Waals surface area contributed by atoms with E-state index in [2.05, 4.69) is 25.8 Å². The van der Waals surface area contributed by atoms with Crippen LogP contribution in [0.3, 0.4) is 0 Å². The van der Waals surface area contributed by atoms with Crippen molar-refractivity contribution >= 4 is 41.5 Å². The molecular weight excluding hydrogens is 460 g/mol. The van der Waals surface area contributed by atoms with Crippen LogP contribution in [0, 0.1) is 12.7 Å². The SMILES string of the molecule is CN=C(NCc1nc(C)no1)NCC(C)(C)c1ccc(F)cc1Cl.I. The molecular formula is C16H22ClFIN5O. The van der Waals surface area contributed by atoms with Crippen molar-refractivity contribution in [3.05, 3.63) is 46.3 Å². The number of halogens is 3. The van der Waals surface area contributed by atoms with Gasteiger partial charge in [0.15, 0.2) is 11.8 Å². The number of nitrogens with zero attached hydrogens (tertiary/aromatic N) is 3. The predicted molar refractivity (Wildman–Crippen MR) is 107 cm³/mol. The zero-order valence-electron chi connectivity index (χ0n) is 14.6. The largest absolute Gasteiger partial charge is 0.356 e. The number of guanidine groups is 1. The fourth-order valence-electron chi connectivity index (χ4n) is 2.23. The Morgan fingerprint density at radius 3 is 2.64 bits per heavy atom. The summed E-state index contributed by atoms with van der Waals surface area (Å²) in [5, 5.41) is 10.5. The molecule has 6 nitrogen and oxygen atoms in total. The van der Waals surface area contributed by atoms with Crippen LogP contribution in [0.1, 0.15) is 31.1 Å². The smallest absolute Gasteiger partial charge is 0.246 e. The van der Waals surface area contributed by atoms with Gasteiger partial charge in [0.25, 0.3) is 0 Å². The standard InChI is InChI=1S/C16H21ClFN5O.HI/c1-10-22-14(24-23-10)8-20-15(19-4)21-9-16(2,3)12-6-5-11(18)7-13(12)17;/h5-7H,8-9H2,1-4H3,(H2,19,20,21);1H. The molecule has 0 spiro atoms. The molecule has 0 saturated heterocycles. The third kappa shape index (κ3) is 6.10. The molecule has 0 aliphatic rings. The van der Waals surface area contributed by atoms with Crippen molar-refractivity contribution in [2.45, 2.75) is 32.7 Å². The van der Waals surface area contributed by atoms with E-state index in [-0.39, 0.29) is 35.2 Å². The van der Waals surface area contributed by atoms with Crippen LogP contribution in [0.4, 0.5) is 4.39 Å². The summed E-state index contributed by atoms with van der Waals surface area (Å²) in [4.78, 5) is 8.27. The summed E-state index contributed by atoms with van der Waals surface area (Å²) < 4.78 is 18.3. The zero-order chi connectivity index (χ0) is 17.7. The fraction of sp³-hybridized carbons (Fsp3) is 0.438. The van der Waals surface area contributed by atoms with Crippen molar-refractivity contribution in [3.8, 4) is 0 Å². The van der Waals surface area contributed by atoms with Gasteiger partial charge in [0, 0.05) is 24.0 Å². The van der Waals surface area contributed by atoms with Crippen LogP contribution >= 0.6 is 35.6 Å². The molecule has 2 N–H and O–H groups in total. The van der Waals surface area contributed by atoms with Gasteiger partial charge in [-0.15, -0.1) is 24.0 Å². The second-order valence-electron chi connectivity index (χ2n) is 6.02. The average Bonchev–Trinajstić information content (AvgIpc) is 2.92. The lowest BCUT2D eigenvalue weighted by atomic mass is 9.84. The van der Waals surface area contributed by atoms with E-state index in [9.17, 15) is 4.39 Å². The van der Waals surface area contributed by atoms with Crippen molar-refractivity contribution in [3.63, 3.8) is 0 Å². The monoisotopic (exact) mass is 481 g/mol. The maximum absolute atomic E-state index is 13.2. The van der Waals surface area contributed by atoms with Gasteiger partial charge in [-0.05, 0) is 24.6 Å². The Labute approximate surface area is 168 Å². The van der Waals surface area contributed by atoms with E-state index < -0.39 is 0 Å². The molecule has 138 valence electrons.